The van der Waals surface area contributed by atoms with Crippen LogP contribution < -0.4 is 15.1 Å². The zero-order chi connectivity index (χ0) is 22.5. The van der Waals surface area contributed by atoms with E-state index in [0.29, 0.717) is 18.1 Å². The number of amides is 1. The molecule has 1 aliphatic rings. The maximum Gasteiger partial charge on any atom is 0.337 e. The Balaban J connectivity index is 1.50. The van der Waals surface area contributed by atoms with Crippen LogP contribution in [0, 0.1) is 0 Å². The number of aromatic carboxylic acids is 1. The lowest BCUT2D eigenvalue weighted by molar-refractivity contribution is 0.0698. The van der Waals surface area contributed by atoms with Gasteiger partial charge in [0.2, 0.25) is 5.95 Å². The average molecular weight is 496 g/mol. The minimum atomic E-state index is -1.09. The second kappa shape index (κ2) is 9.78. The molecule has 32 heavy (non-hydrogen) atoms. The van der Waals surface area contributed by atoms with Crippen LogP contribution in [0.1, 0.15) is 27.1 Å². The Kier molecular flexibility index (Phi) is 6.65. The first-order valence-electron chi connectivity index (χ1n) is 10.2. The summed E-state index contributed by atoms with van der Waals surface area (Å²) >= 11 is 3.34. The van der Waals surface area contributed by atoms with E-state index in [1.807, 2.05) is 6.07 Å². The fourth-order valence-corrected chi connectivity index (χ4v) is 3.91. The van der Waals surface area contributed by atoms with Gasteiger partial charge < -0.3 is 20.2 Å². The molecule has 2 heterocycles. The summed E-state index contributed by atoms with van der Waals surface area (Å²) in [5, 5.41) is 12.5. The molecule has 2 N–H and O–H groups in total. The highest BCUT2D eigenvalue weighted by atomic mass is 79.9. The van der Waals surface area contributed by atoms with Gasteiger partial charge >= 0.3 is 5.97 Å². The molecule has 8 nitrogen and oxygen atoms in total. The minimum absolute atomic E-state index is 0.0560. The zero-order valence-electron chi connectivity index (χ0n) is 17.2. The number of rotatable bonds is 5. The van der Waals surface area contributed by atoms with Crippen molar-refractivity contribution < 1.29 is 14.7 Å². The molecule has 0 aliphatic carbocycles. The topological polar surface area (TPSA) is 98.7 Å². The van der Waals surface area contributed by atoms with Crippen molar-refractivity contribution in [1.82, 2.24) is 9.97 Å². The molecule has 0 radical (unpaired) electrons. The summed E-state index contributed by atoms with van der Waals surface area (Å²) in [4.78, 5) is 37.4. The maximum absolute atomic E-state index is 12.6. The number of hydrogen-bond acceptors (Lipinski definition) is 6. The van der Waals surface area contributed by atoms with E-state index >= 15 is 0 Å². The number of benzene rings is 2. The molecular weight excluding hydrogens is 474 g/mol. The summed E-state index contributed by atoms with van der Waals surface area (Å²) in [7, 11) is 0. The van der Waals surface area contributed by atoms with Crippen LogP contribution >= 0.6 is 15.9 Å². The molecule has 2 aromatic carbocycles. The molecule has 3 aromatic rings. The summed E-state index contributed by atoms with van der Waals surface area (Å²) < 4.78 is 0.861. The Morgan fingerprint density at radius 3 is 2.34 bits per heavy atom. The molecule has 1 saturated heterocycles. The van der Waals surface area contributed by atoms with Gasteiger partial charge in [0, 0.05) is 54.3 Å². The molecule has 9 heteroatoms. The first kappa shape index (κ1) is 21.8. The summed E-state index contributed by atoms with van der Waals surface area (Å²) in [6.45, 7) is 3.05. The number of carboxylic acids is 1. The van der Waals surface area contributed by atoms with Crippen molar-refractivity contribution >= 4 is 45.1 Å². The SMILES string of the molecule is O=C(Nc1ccc(N2CCCN(c3ncccn3)CC2)cc1C(=O)O)c1ccc(Br)cc1. The Bertz CT molecular complexity index is 1110. The normalized spacial score (nSPS) is 14.0. The Morgan fingerprint density at radius 1 is 0.938 bits per heavy atom. The monoisotopic (exact) mass is 495 g/mol. The highest BCUT2D eigenvalue weighted by Crippen LogP contribution is 2.26. The molecule has 164 valence electrons. The van der Waals surface area contributed by atoms with Crippen molar-refractivity contribution in [1.29, 1.82) is 0 Å². The molecule has 0 atom stereocenters. The van der Waals surface area contributed by atoms with Crippen molar-refractivity contribution in [2.45, 2.75) is 6.42 Å². The van der Waals surface area contributed by atoms with Gasteiger partial charge in [-0.3, -0.25) is 4.79 Å². The molecule has 1 amide bonds. The van der Waals surface area contributed by atoms with Crippen LogP contribution in [0.25, 0.3) is 0 Å². The predicted molar refractivity (Wildman–Crippen MR) is 127 cm³/mol. The molecule has 1 aliphatic heterocycles. The van der Waals surface area contributed by atoms with E-state index < -0.39 is 5.97 Å². The lowest BCUT2D eigenvalue weighted by atomic mass is 10.1. The van der Waals surface area contributed by atoms with E-state index in [0.717, 1.165) is 36.2 Å². The van der Waals surface area contributed by atoms with Gasteiger partial charge in [0.15, 0.2) is 0 Å². The number of hydrogen-bond donors (Lipinski definition) is 2. The van der Waals surface area contributed by atoms with Crippen molar-refractivity contribution in [3.05, 3.63) is 76.5 Å². The van der Waals surface area contributed by atoms with Gasteiger partial charge in [-0.25, -0.2) is 14.8 Å². The average Bonchev–Trinajstić information content (AvgIpc) is 3.06. The van der Waals surface area contributed by atoms with Crippen LogP contribution in [0.15, 0.2) is 65.4 Å². The standard InChI is InChI=1S/C23H22BrN5O3/c24-17-5-3-16(4-6-17)21(30)27-20-8-7-18(15-19(20)22(31)32)28-11-2-12-29(14-13-28)23-25-9-1-10-26-23/h1,3-10,15H,2,11-14H2,(H,27,30)(H,31,32). The van der Waals surface area contributed by atoms with Crippen molar-refractivity contribution in [2.75, 3.05) is 41.3 Å². The number of aromatic nitrogens is 2. The number of carboxylic acid groups (broad SMARTS) is 1. The maximum atomic E-state index is 12.6. The molecule has 1 aromatic heterocycles. The fourth-order valence-electron chi connectivity index (χ4n) is 3.64. The van der Waals surface area contributed by atoms with Crippen molar-refractivity contribution in [3.63, 3.8) is 0 Å². The van der Waals surface area contributed by atoms with Crippen LogP contribution in [0.2, 0.25) is 0 Å². The van der Waals surface area contributed by atoms with Gasteiger partial charge in [-0.15, -0.1) is 0 Å². The smallest absolute Gasteiger partial charge is 0.337 e. The highest BCUT2D eigenvalue weighted by Gasteiger charge is 2.20. The van der Waals surface area contributed by atoms with Crippen LogP contribution in [0.4, 0.5) is 17.3 Å². The third-order valence-electron chi connectivity index (χ3n) is 5.28. The number of nitrogens with one attached hydrogen (secondary N) is 1. The number of anilines is 3. The number of halogens is 1. The summed E-state index contributed by atoms with van der Waals surface area (Å²) in [5.74, 6) is -0.750. The molecule has 0 bridgehead atoms. The van der Waals surface area contributed by atoms with Crippen LogP contribution in [-0.4, -0.2) is 53.1 Å². The van der Waals surface area contributed by atoms with Gasteiger partial charge in [0.25, 0.3) is 5.91 Å². The largest absolute Gasteiger partial charge is 0.478 e. The minimum Gasteiger partial charge on any atom is -0.478 e. The van der Waals surface area contributed by atoms with Crippen LogP contribution in [0.3, 0.4) is 0 Å². The van der Waals surface area contributed by atoms with E-state index in [1.54, 1.807) is 54.9 Å². The van der Waals surface area contributed by atoms with E-state index in [1.165, 1.54) is 0 Å². The third kappa shape index (κ3) is 5.05. The van der Waals surface area contributed by atoms with E-state index in [-0.39, 0.29) is 17.2 Å². The van der Waals surface area contributed by atoms with Crippen LogP contribution in [-0.2, 0) is 0 Å². The molecule has 0 unspecified atom stereocenters. The Hall–Kier alpha value is -3.46. The molecule has 1 fully saturated rings. The zero-order valence-corrected chi connectivity index (χ0v) is 18.8. The van der Waals surface area contributed by atoms with Gasteiger partial charge in [0.1, 0.15) is 0 Å². The van der Waals surface area contributed by atoms with Gasteiger partial charge in [-0.05, 0) is 55.0 Å². The van der Waals surface area contributed by atoms with Gasteiger partial charge in [-0.2, -0.15) is 0 Å². The molecular formula is C23H22BrN5O3. The summed E-state index contributed by atoms with van der Waals surface area (Å²) in [6.07, 6.45) is 4.35. The number of carbonyl (C=O) groups is 2. The Morgan fingerprint density at radius 2 is 1.62 bits per heavy atom. The molecule has 0 spiro atoms. The second-order valence-electron chi connectivity index (χ2n) is 7.37. The van der Waals surface area contributed by atoms with Crippen molar-refractivity contribution in [3.8, 4) is 0 Å². The van der Waals surface area contributed by atoms with Crippen molar-refractivity contribution in [2.24, 2.45) is 0 Å². The predicted octanol–water partition coefficient (Wildman–Crippen LogP) is 3.91. The van der Waals surface area contributed by atoms with Gasteiger partial charge in [-0.1, -0.05) is 15.9 Å². The highest BCUT2D eigenvalue weighted by molar-refractivity contribution is 9.10. The van der Waals surface area contributed by atoms with Crippen LogP contribution in [0.5, 0.6) is 0 Å². The first-order chi connectivity index (χ1) is 15.5. The summed E-state index contributed by atoms with van der Waals surface area (Å²) in [6, 6.07) is 13.8. The summed E-state index contributed by atoms with van der Waals surface area (Å²) in [5.41, 5.74) is 1.58. The second-order valence-corrected chi connectivity index (χ2v) is 8.29. The Labute approximate surface area is 194 Å². The van der Waals surface area contributed by atoms with E-state index in [2.05, 4.69) is 41.0 Å². The van der Waals surface area contributed by atoms with E-state index in [9.17, 15) is 14.7 Å². The number of nitrogens with zero attached hydrogens (tertiary/aromatic N) is 4. The van der Waals surface area contributed by atoms with E-state index in [4.69, 9.17) is 0 Å². The lowest BCUT2D eigenvalue weighted by Gasteiger charge is -2.24. The molecule has 0 saturated carbocycles. The number of carbonyl (C=O) groups excluding carboxylic acids is 1. The molecule has 4 rings (SSSR count). The fraction of sp³-hybridized carbons (Fsp3) is 0.217. The quantitative estimate of drug-likeness (QED) is 0.553. The first-order valence-corrected chi connectivity index (χ1v) is 11.0. The lowest BCUT2D eigenvalue weighted by Crippen LogP contribution is -2.31. The third-order valence-corrected chi connectivity index (χ3v) is 5.81. The van der Waals surface area contributed by atoms with Gasteiger partial charge in [0.05, 0.1) is 11.3 Å².